The summed E-state index contributed by atoms with van der Waals surface area (Å²) in [5, 5.41) is 6.13. The maximum absolute atomic E-state index is 13.1. The van der Waals surface area contributed by atoms with Crippen LogP contribution in [0.1, 0.15) is 23.7 Å². The zero-order chi connectivity index (χ0) is 18.9. The summed E-state index contributed by atoms with van der Waals surface area (Å²) >= 11 is 0. The van der Waals surface area contributed by atoms with Crippen LogP contribution < -0.4 is 15.5 Å². The summed E-state index contributed by atoms with van der Waals surface area (Å²) in [6.07, 6.45) is 1.72. The molecule has 2 N–H and O–H groups in total. The number of carbonyl (C=O) groups excluding carboxylic acids is 2. The van der Waals surface area contributed by atoms with Gasteiger partial charge in [-0.25, -0.2) is 4.98 Å². The van der Waals surface area contributed by atoms with Crippen LogP contribution in [0.2, 0.25) is 0 Å². The van der Waals surface area contributed by atoms with E-state index in [9.17, 15) is 9.59 Å². The number of amides is 1. The Morgan fingerprint density at radius 2 is 1.88 bits per heavy atom. The summed E-state index contributed by atoms with van der Waals surface area (Å²) in [6.45, 7) is 2.26. The molecule has 1 amide bonds. The molecule has 0 saturated heterocycles. The van der Waals surface area contributed by atoms with Crippen molar-refractivity contribution in [1.29, 1.82) is 0 Å². The molecule has 2 rings (SSSR count). The molecule has 0 unspecified atom stereocenters. The Bertz CT molecular complexity index is 750. The third kappa shape index (κ3) is 4.72. The van der Waals surface area contributed by atoms with Gasteiger partial charge in [0, 0.05) is 32.4 Å². The molecule has 0 spiro atoms. The van der Waals surface area contributed by atoms with Gasteiger partial charge in [0.2, 0.25) is 0 Å². The minimum Gasteiger partial charge on any atom is -0.466 e. The van der Waals surface area contributed by atoms with Gasteiger partial charge < -0.3 is 15.4 Å². The van der Waals surface area contributed by atoms with E-state index < -0.39 is 0 Å². The summed E-state index contributed by atoms with van der Waals surface area (Å²) in [5.41, 5.74) is 2.20. The van der Waals surface area contributed by atoms with E-state index in [0.29, 0.717) is 18.0 Å². The Kier molecular flexibility index (Phi) is 6.96. The molecule has 1 aromatic carbocycles. The molecular formula is C19H24N4O3. The fourth-order valence-corrected chi connectivity index (χ4v) is 2.53. The van der Waals surface area contributed by atoms with Gasteiger partial charge in [0.05, 0.1) is 24.4 Å². The van der Waals surface area contributed by atoms with E-state index in [0.717, 1.165) is 11.4 Å². The molecule has 138 valence electrons. The lowest BCUT2D eigenvalue weighted by molar-refractivity contribution is -0.142. The summed E-state index contributed by atoms with van der Waals surface area (Å²) in [4.78, 5) is 30.5. The Morgan fingerprint density at radius 3 is 2.50 bits per heavy atom. The van der Waals surface area contributed by atoms with Crippen LogP contribution in [-0.4, -0.2) is 44.1 Å². The lowest BCUT2D eigenvalue weighted by atomic mass is 10.1. The van der Waals surface area contributed by atoms with E-state index in [-0.39, 0.29) is 24.8 Å². The molecule has 1 heterocycles. The van der Waals surface area contributed by atoms with Crippen molar-refractivity contribution in [2.24, 2.45) is 0 Å². The molecule has 2 aromatic rings. The molecule has 0 radical (unpaired) electrons. The number of hydrogen-bond donors (Lipinski definition) is 2. The molecule has 1 aromatic heterocycles. The van der Waals surface area contributed by atoms with Crippen molar-refractivity contribution in [2.45, 2.75) is 13.3 Å². The minimum atomic E-state index is -0.345. The molecule has 0 aliphatic rings. The predicted molar refractivity (Wildman–Crippen MR) is 103 cm³/mol. The van der Waals surface area contributed by atoms with Crippen molar-refractivity contribution < 1.29 is 14.3 Å². The number of aromatic nitrogens is 1. The number of ether oxygens (including phenoxy) is 1. The van der Waals surface area contributed by atoms with E-state index in [1.807, 2.05) is 13.1 Å². The second-order valence-corrected chi connectivity index (χ2v) is 5.46. The molecule has 0 atom stereocenters. The van der Waals surface area contributed by atoms with Gasteiger partial charge in [0.25, 0.3) is 5.91 Å². The number of carbonyl (C=O) groups is 2. The maximum atomic E-state index is 13.1. The third-order valence-electron chi connectivity index (χ3n) is 3.82. The molecule has 0 aliphatic carbocycles. The highest BCUT2D eigenvalue weighted by molar-refractivity contribution is 6.06. The first kappa shape index (κ1) is 19.2. The van der Waals surface area contributed by atoms with Crippen LogP contribution in [0.25, 0.3) is 0 Å². The Balaban J connectivity index is 2.29. The quantitative estimate of drug-likeness (QED) is 0.708. The van der Waals surface area contributed by atoms with E-state index >= 15 is 0 Å². The Hall–Kier alpha value is -3.09. The average molecular weight is 356 g/mol. The first-order valence-electron chi connectivity index (χ1n) is 8.48. The number of hydrogen-bond acceptors (Lipinski definition) is 6. The molecule has 7 heteroatoms. The van der Waals surface area contributed by atoms with Crippen LogP contribution in [0, 0.1) is 0 Å². The molecule has 7 nitrogen and oxygen atoms in total. The fraction of sp³-hybridized carbons (Fsp3) is 0.316. The molecule has 0 fully saturated rings. The zero-order valence-electron chi connectivity index (χ0n) is 15.3. The molecule has 0 aliphatic heterocycles. The standard InChI is InChI=1S/C19H24N4O3/c1-4-26-18(24)10-12-23(17-7-5-6-11-22-17)19(25)14-8-9-15(20-2)16(13-14)21-3/h5-9,11,13,20-21H,4,10,12H2,1-3H3. The van der Waals surface area contributed by atoms with Gasteiger partial charge in [-0.05, 0) is 37.3 Å². The SMILES string of the molecule is CCOC(=O)CCN(C(=O)c1ccc(NC)c(NC)c1)c1ccccn1. The van der Waals surface area contributed by atoms with Gasteiger partial charge in [-0.2, -0.15) is 0 Å². The molecule has 0 saturated carbocycles. The lowest BCUT2D eigenvalue weighted by Gasteiger charge is -2.22. The second-order valence-electron chi connectivity index (χ2n) is 5.46. The van der Waals surface area contributed by atoms with E-state index in [2.05, 4.69) is 15.6 Å². The highest BCUT2D eigenvalue weighted by atomic mass is 16.5. The summed E-state index contributed by atoms with van der Waals surface area (Å²) in [7, 11) is 3.61. The zero-order valence-corrected chi connectivity index (χ0v) is 15.3. The number of anilines is 3. The van der Waals surface area contributed by atoms with Crippen molar-refractivity contribution in [3.8, 4) is 0 Å². The highest BCUT2D eigenvalue weighted by Crippen LogP contribution is 2.24. The predicted octanol–water partition coefficient (Wildman–Crippen LogP) is 2.77. The number of esters is 1. The number of pyridine rings is 1. The van der Waals surface area contributed by atoms with Gasteiger partial charge in [-0.1, -0.05) is 6.07 Å². The van der Waals surface area contributed by atoms with Crippen LogP contribution in [-0.2, 0) is 9.53 Å². The topological polar surface area (TPSA) is 83.6 Å². The lowest BCUT2D eigenvalue weighted by Crippen LogP contribution is -2.34. The fourth-order valence-electron chi connectivity index (χ4n) is 2.53. The number of rotatable bonds is 8. The summed E-state index contributed by atoms with van der Waals surface area (Å²) < 4.78 is 4.96. The second kappa shape index (κ2) is 9.41. The largest absolute Gasteiger partial charge is 0.466 e. The van der Waals surface area contributed by atoms with Gasteiger partial charge in [0.15, 0.2) is 0 Å². The number of benzene rings is 1. The van der Waals surface area contributed by atoms with Crippen LogP contribution >= 0.6 is 0 Å². The van der Waals surface area contributed by atoms with Crippen molar-refractivity contribution >= 4 is 29.1 Å². The van der Waals surface area contributed by atoms with Crippen LogP contribution in [0.15, 0.2) is 42.6 Å². The minimum absolute atomic E-state index is 0.101. The van der Waals surface area contributed by atoms with Crippen LogP contribution in [0.5, 0.6) is 0 Å². The molecule has 0 bridgehead atoms. The average Bonchev–Trinajstić information content (AvgIpc) is 2.68. The smallest absolute Gasteiger partial charge is 0.307 e. The van der Waals surface area contributed by atoms with Crippen LogP contribution in [0.4, 0.5) is 17.2 Å². The number of nitrogens with one attached hydrogen (secondary N) is 2. The van der Waals surface area contributed by atoms with Crippen molar-refractivity contribution in [3.63, 3.8) is 0 Å². The van der Waals surface area contributed by atoms with Gasteiger partial charge >= 0.3 is 5.97 Å². The highest BCUT2D eigenvalue weighted by Gasteiger charge is 2.21. The first-order chi connectivity index (χ1) is 12.6. The number of nitrogens with zero attached hydrogens (tertiary/aromatic N) is 2. The third-order valence-corrected chi connectivity index (χ3v) is 3.82. The molecular weight excluding hydrogens is 332 g/mol. The Labute approximate surface area is 153 Å². The van der Waals surface area contributed by atoms with E-state index in [1.165, 1.54) is 4.90 Å². The summed E-state index contributed by atoms with van der Waals surface area (Å²) in [6, 6.07) is 10.7. The van der Waals surface area contributed by atoms with Crippen LogP contribution in [0.3, 0.4) is 0 Å². The van der Waals surface area contributed by atoms with Crippen molar-refractivity contribution in [3.05, 3.63) is 48.2 Å². The van der Waals surface area contributed by atoms with E-state index in [1.54, 1.807) is 50.5 Å². The van der Waals surface area contributed by atoms with Gasteiger partial charge in [-0.3, -0.25) is 14.5 Å². The van der Waals surface area contributed by atoms with Gasteiger partial charge in [0.1, 0.15) is 5.82 Å². The van der Waals surface area contributed by atoms with E-state index in [4.69, 9.17) is 4.74 Å². The summed E-state index contributed by atoms with van der Waals surface area (Å²) in [5.74, 6) is -0.0830. The van der Waals surface area contributed by atoms with Crippen molar-refractivity contribution in [1.82, 2.24) is 4.98 Å². The first-order valence-corrected chi connectivity index (χ1v) is 8.48. The van der Waals surface area contributed by atoms with Crippen molar-refractivity contribution in [2.75, 3.05) is 42.8 Å². The Morgan fingerprint density at radius 1 is 1.12 bits per heavy atom. The normalized spacial score (nSPS) is 10.1. The monoisotopic (exact) mass is 356 g/mol. The van der Waals surface area contributed by atoms with Gasteiger partial charge in [-0.15, -0.1) is 0 Å². The maximum Gasteiger partial charge on any atom is 0.307 e. The molecule has 26 heavy (non-hydrogen) atoms.